The second-order valence-electron chi connectivity index (χ2n) is 7.19. The van der Waals surface area contributed by atoms with E-state index in [1.807, 2.05) is 6.07 Å². The third-order valence-electron chi connectivity index (χ3n) is 5.33. The molecule has 9 nitrogen and oxygen atoms in total. The van der Waals surface area contributed by atoms with Gasteiger partial charge in [-0.25, -0.2) is 15.0 Å². The lowest BCUT2D eigenvalue weighted by atomic mass is 10.2. The Kier molecular flexibility index (Phi) is 4.44. The molecule has 0 atom stereocenters. The molecule has 0 aliphatic carbocycles. The molecule has 0 spiro atoms. The quantitative estimate of drug-likeness (QED) is 0.643. The van der Waals surface area contributed by atoms with Crippen LogP contribution in [0, 0.1) is 0 Å². The van der Waals surface area contributed by atoms with E-state index in [-0.39, 0.29) is 18.0 Å². The summed E-state index contributed by atoms with van der Waals surface area (Å²) in [6, 6.07) is 7.13. The van der Waals surface area contributed by atoms with Crippen LogP contribution < -0.4 is 10.5 Å². The molecule has 1 fully saturated rings. The molecule has 0 radical (unpaired) electrons. The molecule has 1 amide bonds. The Balaban J connectivity index is 1.32. The summed E-state index contributed by atoms with van der Waals surface area (Å²) in [4.78, 5) is 42.6. The lowest BCUT2D eigenvalue weighted by Crippen LogP contribution is -2.37. The van der Waals surface area contributed by atoms with Crippen LogP contribution in [0.2, 0.25) is 0 Å². The van der Waals surface area contributed by atoms with Gasteiger partial charge in [-0.3, -0.25) is 14.2 Å². The van der Waals surface area contributed by atoms with E-state index in [0.29, 0.717) is 43.2 Å². The Morgan fingerprint density at radius 3 is 2.79 bits per heavy atom. The molecule has 148 valence electrons. The van der Waals surface area contributed by atoms with Gasteiger partial charge in [0, 0.05) is 31.4 Å². The summed E-state index contributed by atoms with van der Waals surface area (Å²) >= 11 is 0. The average Bonchev–Trinajstić information content (AvgIpc) is 3.20. The van der Waals surface area contributed by atoms with Gasteiger partial charge in [0.05, 0.1) is 42.7 Å². The van der Waals surface area contributed by atoms with Crippen molar-refractivity contribution in [1.82, 2.24) is 24.4 Å². The molecule has 2 aliphatic rings. The molecule has 29 heavy (non-hydrogen) atoms. The van der Waals surface area contributed by atoms with Crippen LogP contribution in [0.15, 0.2) is 41.6 Å². The summed E-state index contributed by atoms with van der Waals surface area (Å²) in [5.74, 6) is 0.534. The van der Waals surface area contributed by atoms with Gasteiger partial charge >= 0.3 is 0 Å². The fourth-order valence-electron chi connectivity index (χ4n) is 3.70. The summed E-state index contributed by atoms with van der Waals surface area (Å²) in [6.07, 6.45) is 3.23. The fraction of sp³-hybridized carbons (Fsp3) is 0.350. The molecule has 1 saturated heterocycles. The Morgan fingerprint density at radius 1 is 1.10 bits per heavy atom. The molecule has 4 heterocycles. The molecule has 0 bridgehead atoms. The highest BCUT2D eigenvalue weighted by molar-refractivity contribution is 5.79. The fourth-order valence-corrected chi connectivity index (χ4v) is 3.70. The predicted octanol–water partition coefficient (Wildman–Crippen LogP) is 0.565. The molecule has 0 N–H and O–H groups in total. The molecule has 0 unspecified atom stereocenters. The van der Waals surface area contributed by atoms with E-state index in [4.69, 9.17) is 4.74 Å². The SMILES string of the molecule is O=C(Cn1cnc2ccccc2c1=O)N1Cc2cnc(N3CCOCC3)nc2C1. The number of rotatable bonds is 3. The van der Waals surface area contributed by atoms with E-state index in [0.717, 1.165) is 24.3 Å². The maximum atomic E-state index is 12.8. The highest BCUT2D eigenvalue weighted by Gasteiger charge is 2.27. The van der Waals surface area contributed by atoms with Crippen LogP contribution in [0.4, 0.5) is 5.95 Å². The van der Waals surface area contributed by atoms with E-state index in [9.17, 15) is 9.59 Å². The maximum Gasteiger partial charge on any atom is 0.261 e. The number of nitrogens with zero attached hydrogens (tertiary/aromatic N) is 6. The normalized spacial score (nSPS) is 16.3. The monoisotopic (exact) mass is 392 g/mol. The van der Waals surface area contributed by atoms with Crippen LogP contribution in [0.3, 0.4) is 0 Å². The van der Waals surface area contributed by atoms with Crippen molar-refractivity contribution in [3.63, 3.8) is 0 Å². The molecule has 5 rings (SSSR count). The number of hydrogen-bond donors (Lipinski definition) is 0. The van der Waals surface area contributed by atoms with Crippen LogP contribution in [0.5, 0.6) is 0 Å². The topological polar surface area (TPSA) is 93.5 Å². The van der Waals surface area contributed by atoms with Crippen molar-refractivity contribution in [3.05, 3.63) is 58.4 Å². The smallest absolute Gasteiger partial charge is 0.261 e. The largest absolute Gasteiger partial charge is 0.378 e. The number of aromatic nitrogens is 4. The van der Waals surface area contributed by atoms with Crippen molar-refractivity contribution in [1.29, 1.82) is 0 Å². The van der Waals surface area contributed by atoms with E-state index >= 15 is 0 Å². The summed E-state index contributed by atoms with van der Waals surface area (Å²) in [5.41, 5.74) is 2.22. The van der Waals surface area contributed by atoms with Crippen molar-refractivity contribution >= 4 is 22.8 Å². The lowest BCUT2D eigenvalue weighted by Gasteiger charge is -2.26. The number of morpholine rings is 1. The molecular weight excluding hydrogens is 372 g/mol. The third-order valence-corrected chi connectivity index (χ3v) is 5.33. The Morgan fingerprint density at radius 2 is 1.93 bits per heavy atom. The van der Waals surface area contributed by atoms with Crippen LogP contribution in [0.1, 0.15) is 11.3 Å². The zero-order chi connectivity index (χ0) is 19.8. The minimum absolute atomic E-state index is 0.0472. The maximum absolute atomic E-state index is 12.8. The molecule has 2 aromatic heterocycles. The van der Waals surface area contributed by atoms with Crippen LogP contribution in [-0.4, -0.2) is 56.6 Å². The predicted molar refractivity (Wildman–Crippen MR) is 105 cm³/mol. The van der Waals surface area contributed by atoms with E-state index in [1.54, 1.807) is 29.3 Å². The molecular formula is C20H20N6O3. The number of amides is 1. The standard InChI is InChI=1S/C20H20N6O3/c27-18(12-26-13-22-16-4-2-1-3-15(16)19(26)28)25-10-14-9-21-20(23-17(14)11-25)24-5-7-29-8-6-24/h1-4,9,13H,5-8,10-12H2. The zero-order valence-electron chi connectivity index (χ0n) is 15.8. The highest BCUT2D eigenvalue weighted by atomic mass is 16.5. The highest BCUT2D eigenvalue weighted by Crippen LogP contribution is 2.23. The van der Waals surface area contributed by atoms with Crippen LogP contribution in [-0.2, 0) is 29.2 Å². The zero-order valence-corrected chi connectivity index (χ0v) is 15.8. The number of fused-ring (bicyclic) bond motifs is 2. The van der Waals surface area contributed by atoms with Crippen molar-refractivity contribution in [3.8, 4) is 0 Å². The lowest BCUT2D eigenvalue weighted by molar-refractivity contribution is -0.132. The van der Waals surface area contributed by atoms with Crippen molar-refractivity contribution in [2.24, 2.45) is 0 Å². The first-order valence-corrected chi connectivity index (χ1v) is 9.58. The van der Waals surface area contributed by atoms with Gasteiger partial charge in [0.2, 0.25) is 11.9 Å². The van der Waals surface area contributed by atoms with Gasteiger partial charge in [0.15, 0.2) is 0 Å². The Hall–Kier alpha value is -3.33. The number of para-hydroxylation sites is 1. The Labute approximate surface area is 166 Å². The first-order valence-electron chi connectivity index (χ1n) is 9.58. The van der Waals surface area contributed by atoms with Crippen LogP contribution >= 0.6 is 0 Å². The minimum Gasteiger partial charge on any atom is -0.378 e. The third kappa shape index (κ3) is 3.33. The first kappa shape index (κ1) is 17.7. The number of hydrogen-bond acceptors (Lipinski definition) is 7. The molecule has 9 heteroatoms. The van der Waals surface area contributed by atoms with Gasteiger partial charge in [-0.2, -0.15) is 0 Å². The van der Waals surface area contributed by atoms with Crippen molar-refractivity contribution in [2.75, 3.05) is 31.2 Å². The number of benzene rings is 1. The van der Waals surface area contributed by atoms with E-state index < -0.39 is 0 Å². The summed E-state index contributed by atoms with van der Waals surface area (Å²) in [7, 11) is 0. The number of carbonyl (C=O) groups is 1. The number of carbonyl (C=O) groups excluding carboxylic acids is 1. The second-order valence-corrected chi connectivity index (χ2v) is 7.19. The van der Waals surface area contributed by atoms with E-state index in [1.165, 1.54) is 10.9 Å². The van der Waals surface area contributed by atoms with Crippen molar-refractivity contribution in [2.45, 2.75) is 19.6 Å². The van der Waals surface area contributed by atoms with Gasteiger partial charge in [-0.05, 0) is 12.1 Å². The van der Waals surface area contributed by atoms with Gasteiger partial charge < -0.3 is 14.5 Å². The second kappa shape index (κ2) is 7.25. The molecule has 3 aromatic rings. The molecule has 1 aromatic carbocycles. The summed E-state index contributed by atoms with van der Waals surface area (Å²) in [6.45, 7) is 3.68. The van der Waals surface area contributed by atoms with Gasteiger partial charge in [-0.15, -0.1) is 0 Å². The van der Waals surface area contributed by atoms with Crippen molar-refractivity contribution < 1.29 is 9.53 Å². The summed E-state index contributed by atoms with van der Waals surface area (Å²) in [5, 5.41) is 0.508. The van der Waals surface area contributed by atoms with Gasteiger partial charge in [-0.1, -0.05) is 12.1 Å². The summed E-state index contributed by atoms with van der Waals surface area (Å²) < 4.78 is 6.73. The molecule has 0 saturated carbocycles. The number of anilines is 1. The van der Waals surface area contributed by atoms with Gasteiger partial charge in [0.1, 0.15) is 6.54 Å². The van der Waals surface area contributed by atoms with E-state index in [2.05, 4.69) is 19.9 Å². The Bertz CT molecular complexity index is 1140. The number of ether oxygens (including phenoxy) is 1. The average molecular weight is 392 g/mol. The van der Waals surface area contributed by atoms with Gasteiger partial charge in [0.25, 0.3) is 5.56 Å². The van der Waals surface area contributed by atoms with Crippen LogP contribution in [0.25, 0.3) is 10.9 Å². The molecule has 2 aliphatic heterocycles. The first-order chi connectivity index (χ1) is 14.2. The minimum atomic E-state index is -0.213.